The van der Waals surface area contributed by atoms with E-state index in [-0.39, 0.29) is 17.9 Å². The van der Waals surface area contributed by atoms with E-state index in [1.165, 1.54) is 0 Å². The Hall–Kier alpha value is -1.06. The number of rotatable bonds is 6. The van der Waals surface area contributed by atoms with Crippen LogP contribution in [-0.4, -0.2) is 34.8 Å². The minimum Gasteiger partial charge on any atom is -0.340 e. The topological polar surface area (TPSA) is 49.4 Å². The van der Waals surface area contributed by atoms with Gasteiger partial charge in [-0.15, -0.1) is 0 Å². The first kappa shape index (κ1) is 15.3. The summed E-state index contributed by atoms with van der Waals surface area (Å²) in [5.74, 6) is 1.14. The molecule has 2 amide bonds. The van der Waals surface area contributed by atoms with Gasteiger partial charge in [0.15, 0.2) is 0 Å². The lowest BCUT2D eigenvalue weighted by Gasteiger charge is -2.46. The molecule has 1 aliphatic carbocycles. The molecule has 20 heavy (non-hydrogen) atoms. The van der Waals surface area contributed by atoms with Crippen LogP contribution in [-0.2, 0) is 9.59 Å². The van der Waals surface area contributed by atoms with Gasteiger partial charge in [-0.25, -0.2) is 0 Å². The number of piperazine rings is 1. The molecule has 0 radical (unpaired) electrons. The Balaban J connectivity index is 2.23. The van der Waals surface area contributed by atoms with Crippen molar-refractivity contribution in [3.63, 3.8) is 0 Å². The molecule has 2 fully saturated rings. The van der Waals surface area contributed by atoms with Crippen molar-refractivity contribution in [1.82, 2.24) is 10.2 Å². The molecule has 1 heterocycles. The molecule has 1 saturated carbocycles. The van der Waals surface area contributed by atoms with Gasteiger partial charge in [-0.05, 0) is 43.9 Å². The Labute approximate surface area is 122 Å². The summed E-state index contributed by atoms with van der Waals surface area (Å²) in [6, 6.07) is -0.215. The third-order valence-corrected chi connectivity index (χ3v) is 4.86. The highest BCUT2D eigenvalue weighted by molar-refractivity contribution is 6.00. The third-order valence-electron chi connectivity index (χ3n) is 4.86. The predicted octanol–water partition coefficient (Wildman–Crippen LogP) is 2.33. The summed E-state index contributed by atoms with van der Waals surface area (Å²) in [5, 5.41) is 3.04. The van der Waals surface area contributed by atoms with Gasteiger partial charge < -0.3 is 10.2 Å². The quantitative estimate of drug-likeness (QED) is 0.812. The van der Waals surface area contributed by atoms with Crippen molar-refractivity contribution in [1.29, 1.82) is 0 Å². The lowest BCUT2D eigenvalue weighted by Crippen LogP contribution is -2.70. The molecule has 0 aromatic carbocycles. The minimum atomic E-state index is -0.667. The highest BCUT2D eigenvalue weighted by atomic mass is 16.2. The van der Waals surface area contributed by atoms with Gasteiger partial charge in [0, 0.05) is 6.54 Å². The van der Waals surface area contributed by atoms with E-state index in [1.807, 2.05) is 18.7 Å². The molecule has 1 saturated heterocycles. The SMILES string of the molecule is CCC1(CC)NC(=O)C(C2CC2)N(CCC(C)C)C1=O. The number of nitrogens with one attached hydrogen (secondary N) is 1. The van der Waals surface area contributed by atoms with E-state index in [4.69, 9.17) is 0 Å². The maximum Gasteiger partial charge on any atom is 0.248 e. The molecule has 0 bridgehead atoms. The van der Waals surface area contributed by atoms with Gasteiger partial charge in [-0.3, -0.25) is 9.59 Å². The van der Waals surface area contributed by atoms with Crippen molar-refractivity contribution in [2.75, 3.05) is 6.54 Å². The largest absolute Gasteiger partial charge is 0.340 e. The highest BCUT2D eigenvalue weighted by Gasteiger charge is 2.52. The number of carbonyl (C=O) groups excluding carboxylic acids is 2. The van der Waals surface area contributed by atoms with Crippen LogP contribution < -0.4 is 5.32 Å². The molecule has 4 nitrogen and oxygen atoms in total. The zero-order valence-corrected chi connectivity index (χ0v) is 13.2. The van der Waals surface area contributed by atoms with Crippen molar-refractivity contribution in [3.05, 3.63) is 0 Å². The van der Waals surface area contributed by atoms with Gasteiger partial charge >= 0.3 is 0 Å². The van der Waals surface area contributed by atoms with E-state index in [1.54, 1.807) is 0 Å². The fraction of sp³-hybridized carbons (Fsp3) is 0.875. The zero-order chi connectivity index (χ0) is 14.9. The van der Waals surface area contributed by atoms with Crippen LogP contribution in [0, 0.1) is 11.8 Å². The predicted molar refractivity (Wildman–Crippen MR) is 79.1 cm³/mol. The van der Waals surface area contributed by atoms with Crippen molar-refractivity contribution >= 4 is 11.8 Å². The fourth-order valence-corrected chi connectivity index (χ4v) is 3.15. The number of hydrogen-bond acceptors (Lipinski definition) is 2. The number of carbonyl (C=O) groups is 2. The van der Waals surface area contributed by atoms with Crippen LogP contribution in [0.3, 0.4) is 0 Å². The molecule has 114 valence electrons. The van der Waals surface area contributed by atoms with Crippen molar-refractivity contribution in [2.24, 2.45) is 11.8 Å². The molecule has 0 aromatic rings. The van der Waals surface area contributed by atoms with Crippen LogP contribution in [0.2, 0.25) is 0 Å². The van der Waals surface area contributed by atoms with E-state index in [0.29, 0.717) is 31.2 Å². The average molecular weight is 280 g/mol. The Morgan fingerprint density at radius 3 is 2.30 bits per heavy atom. The van der Waals surface area contributed by atoms with Crippen LogP contribution in [0.25, 0.3) is 0 Å². The number of hydrogen-bond donors (Lipinski definition) is 1. The van der Waals surface area contributed by atoms with Gasteiger partial charge in [-0.1, -0.05) is 27.7 Å². The first-order chi connectivity index (χ1) is 9.45. The van der Waals surface area contributed by atoms with Gasteiger partial charge in [0.25, 0.3) is 0 Å². The number of nitrogens with zero attached hydrogens (tertiary/aromatic N) is 1. The van der Waals surface area contributed by atoms with E-state index in [9.17, 15) is 9.59 Å². The Morgan fingerprint density at radius 1 is 1.25 bits per heavy atom. The smallest absolute Gasteiger partial charge is 0.248 e. The first-order valence-corrected chi connectivity index (χ1v) is 8.08. The molecular weight excluding hydrogens is 252 g/mol. The highest BCUT2D eigenvalue weighted by Crippen LogP contribution is 2.39. The Bertz CT molecular complexity index is 384. The summed E-state index contributed by atoms with van der Waals surface area (Å²) in [7, 11) is 0. The maximum atomic E-state index is 12.9. The van der Waals surface area contributed by atoms with Crippen LogP contribution >= 0.6 is 0 Å². The second kappa shape index (κ2) is 5.74. The molecule has 1 atom stereocenters. The van der Waals surface area contributed by atoms with Crippen LogP contribution in [0.15, 0.2) is 0 Å². The lowest BCUT2D eigenvalue weighted by molar-refractivity contribution is -0.156. The van der Waals surface area contributed by atoms with Crippen molar-refractivity contribution in [3.8, 4) is 0 Å². The molecule has 0 spiro atoms. The molecule has 2 aliphatic rings. The van der Waals surface area contributed by atoms with Gasteiger partial charge in [0.05, 0.1) is 0 Å². The lowest BCUT2D eigenvalue weighted by atomic mass is 9.86. The Morgan fingerprint density at radius 2 is 1.85 bits per heavy atom. The van der Waals surface area contributed by atoms with E-state index in [0.717, 1.165) is 19.3 Å². The first-order valence-electron chi connectivity index (χ1n) is 8.08. The van der Waals surface area contributed by atoms with E-state index < -0.39 is 5.54 Å². The van der Waals surface area contributed by atoms with Crippen molar-refractivity contribution < 1.29 is 9.59 Å². The summed E-state index contributed by atoms with van der Waals surface area (Å²) < 4.78 is 0. The molecule has 1 N–H and O–H groups in total. The maximum absolute atomic E-state index is 12.9. The minimum absolute atomic E-state index is 0.0690. The summed E-state index contributed by atoms with van der Waals surface area (Å²) in [5.41, 5.74) is -0.667. The standard InChI is InChI=1S/C16H28N2O2/c1-5-16(6-2)15(20)18(10-9-11(3)4)13(12-7-8-12)14(19)17-16/h11-13H,5-10H2,1-4H3,(H,17,19). The second-order valence-electron chi connectivity index (χ2n) is 6.74. The van der Waals surface area contributed by atoms with Crippen LogP contribution in [0.5, 0.6) is 0 Å². The third kappa shape index (κ3) is 2.70. The van der Waals surface area contributed by atoms with E-state index in [2.05, 4.69) is 19.2 Å². The normalized spacial score (nSPS) is 26.1. The monoisotopic (exact) mass is 280 g/mol. The van der Waals surface area contributed by atoms with Crippen molar-refractivity contribution in [2.45, 2.75) is 71.4 Å². The molecule has 2 rings (SSSR count). The summed E-state index contributed by atoms with van der Waals surface area (Å²) in [6.45, 7) is 9.01. The molecule has 1 unspecified atom stereocenters. The molecule has 0 aromatic heterocycles. The van der Waals surface area contributed by atoms with Gasteiger partial charge in [0.2, 0.25) is 11.8 Å². The summed E-state index contributed by atoms with van der Waals surface area (Å²) in [6.07, 6.45) is 4.46. The van der Waals surface area contributed by atoms with Gasteiger partial charge in [-0.2, -0.15) is 0 Å². The average Bonchev–Trinajstić information content (AvgIpc) is 3.23. The fourth-order valence-electron chi connectivity index (χ4n) is 3.15. The summed E-state index contributed by atoms with van der Waals surface area (Å²) >= 11 is 0. The molecule has 1 aliphatic heterocycles. The second-order valence-corrected chi connectivity index (χ2v) is 6.74. The molecule has 4 heteroatoms. The Kier molecular flexibility index (Phi) is 4.40. The van der Waals surface area contributed by atoms with E-state index >= 15 is 0 Å². The number of amides is 2. The summed E-state index contributed by atoms with van der Waals surface area (Å²) in [4.78, 5) is 27.3. The molecular formula is C16H28N2O2. The van der Waals surface area contributed by atoms with Crippen LogP contribution in [0.1, 0.15) is 59.8 Å². The van der Waals surface area contributed by atoms with Gasteiger partial charge in [0.1, 0.15) is 11.6 Å². The van der Waals surface area contributed by atoms with Crippen LogP contribution in [0.4, 0.5) is 0 Å². The zero-order valence-electron chi connectivity index (χ0n) is 13.2.